The van der Waals surface area contributed by atoms with Crippen molar-refractivity contribution in [1.82, 2.24) is 14.3 Å². The van der Waals surface area contributed by atoms with Gasteiger partial charge in [0.25, 0.3) is 5.91 Å². The van der Waals surface area contributed by atoms with E-state index in [1.165, 1.54) is 17.1 Å². The van der Waals surface area contributed by atoms with Crippen LogP contribution in [0, 0.1) is 0 Å². The van der Waals surface area contributed by atoms with Gasteiger partial charge in [0.15, 0.2) is 4.84 Å². The highest BCUT2D eigenvalue weighted by atomic mass is 35.5. The number of anilines is 1. The molecular formula is C15H16Cl2N4OS. The van der Waals surface area contributed by atoms with E-state index in [1.54, 1.807) is 4.90 Å². The minimum atomic E-state index is -0.986. The van der Waals surface area contributed by atoms with Crippen LogP contribution in [0.5, 0.6) is 0 Å². The van der Waals surface area contributed by atoms with Gasteiger partial charge in [-0.05, 0) is 5.56 Å². The van der Waals surface area contributed by atoms with Crippen LogP contribution in [0.2, 0.25) is 0 Å². The first-order valence-corrected chi connectivity index (χ1v) is 8.96. The number of halogens is 2. The van der Waals surface area contributed by atoms with E-state index >= 15 is 0 Å². The van der Waals surface area contributed by atoms with Gasteiger partial charge in [0.1, 0.15) is 5.82 Å². The van der Waals surface area contributed by atoms with Crippen molar-refractivity contribution in [2.24, 2.45) is 0 Å². The van der Waals surface area contributed by atoms with Crippen molar-refractivity contribution >= 4 is 45.8 Å². The first-order valence-electron chi connectivity index (χ1n) is 7.32. The monoisotopic (exact) mass is 370 g/mol. The van der Waals surface area contributed by atoms with Crippen LogP contribution in [-0.2, 0) is 11.2 Å². The molecular weight excluding hydrogens is 355 g/mol. The summed E-state index contributed by atoms with van der Waals surface area (Å²) < 4.78 is 4.44. The molecule has 0 bridgehead atoms. The fourth-order valence-electron chi connectivity index (χ4n) is 2.48. The number of hydrogen-bond acceptors (Lipinski definition) is 5. The summed E-state index contributed by atoms with van der Waals surface area (Å²) in [5.74, 6) is 0.603. The van der Waals surface area contributed by atoms with E-state index in [2.05, 4.69) is 26.4 Å². The van der Waals surface area contributed by atoms with E-state index in [0.29, 0.717) is 26.2 Å². The SMILES string of the molecule is O=C(C(Cl)Cl)N1CCN(c2nc(Cc3ccccc3)ns2)CC1. The zero-order chi connectivity index (χ0) is 16.2. The molecule has 0 N–H and O–H groups in total. The van der Waals surface area contributed by atoms with Gasteiger partial charge in [-0.2, -0.15) is 4.37 Å². The standard InChI is InChI=1S/C15H16Cl2N4OS/c16-13(17)14(22)20-6-8-21(9-7-20)15-18-12(19-23-15)10-11-4-2-1-3-5-11/h1-5,13H,6-10H2. The largest absolute Gasteiger partial charge is 0.343 e. The van der Waals surface area contributed by atoms with Crippen molar-refractivity contribution < 1.29 is 4.79 Å². The highest BCUT2D eigenvalue weighted by Gasteiger charge is 2.26. The summed E-state index contributed by atoms with van der Waals surface area (Å²) in [4.78, 5) is 19.2. The fraction of sp³-hybridized carbons (Fsp3) is 0.400. The summed E-state index contributed by atoms with van der Waals surface area (Å²) in [5.41, 5.74) is 1.20. The Kier molecular flexibility index (Phi) is 5.35. The summed E-state index contributed by atoms with van der Waals surface area (Å²) in [7, 11) is 0. The van der Waals surface area contributed by atoms with Crippen molar-refractivity contribution in [3.63, 3.8) is 0 Å². The topological polar surface area (TPSA) is 49.3 Å². The second kappa shape index (κ2) is 7.47. The van der Waals surface area contributed by atoms with Gasteiger partial charge >= 0.3 is 0 Å². The van der Waals surface area contributed by atoms with Crippen molar-refractivity contribution in [1.29, 1.82) is 0 Å². The van der Waals surface area contributed by atoms with Gasteiger partial charge in [0, 0.05) is 44.1 Å². The molecule has 0 saturated carbocycles. The van der Waals surface area contributed by atoms with Gasteiger partial charge in [0.2, 0.25) is 5.13 Å². The highest BCUT2D eigenvalue weighted by Crippen LogP contribution is 2.21. The van der Waals surface area contributed by atoms with Crippen LogP contribution in [-0.4, -0.2) is 51.2 Å². The highest BCUT2D eigenvalue weighted by molar-refractivity contribution is 7.09. The Morgan fingerprint density at radius 2 is 1.87 bits per heavy atom. The first-order chi connectivity index (χ1) is 11.1. The molecule has 122 valence electrons. The second-order valence-corrected chi connectivity index (χ2v) is 7.10. The van der Waals surface area contributed by atoms with Gasteiger partial charge in [-0.3, -0.25) is 4.79 Å². The predicted molar refractivity (Wildman–Crippen MR) is 93.4 cm³/mol. The lowest BCUT2D eigenvalue weighted by atomic mass is 10.1. The molecule has 0 unspecified atom stereocenters. The summed E-state index contributed by atoms with van der Waals surface area (Å²) in [5, 5.41) is 0.899. The molecule has 3 rings (SSSR count). The van der Waals surface area contributed by atoms with Crippen LogP contribution in [0.4, 0.5) is 5.13 Å². The molecule has 0 atom stereocenters. The van der Waals surface area contributed by atoms with Gasteiger partial charge in [0.05, 0.1) is 0 Å². The van der Waals surface area contributed by atoms with Crippen molar-refractivity contribution in [3.05, 3.63) is 41.7 Å². The third-order valence-corrected chi connectivity index (χ3v) is 4.90. The fourth-order valence-corrected chi connectivity index (χ4v) is 3.49. The Balaban J connectivity index is 1.58. The zero-order valence-electron chi connectivity index (χ0n) is 12.4. The first kappa shape index (κ1) is 16.5. The minimum absolute atomic E-state index is 0.227. The lowest BCUT2D eigenvalue weighted by Gasteiger charge is -2.34. The number of alkyl halides is 2. The van der Waals surface area contributed by atoms with E-state index in [-0.39, 0.29) is 5.91 Å². The summed E-state index contributed by atoms with van der Waals surface area (Å²) in [6.07, 6.45) is 0.732. The van der Waals surface area contributed by atoms with Crippen molar-refractivity contribution in [3.8, 4) is 0 Å². The Morgan fingerprint density at radius 3 is 2.52 bits per heavy atom. The normalized spacial score (nSPS) is 15.3. The smallest absolute Gasteiger partial charge is 0.255 e. The third kappa shape index (κ3) is 4.13. The predicted octanol–water partition coefficient (Wildman–Crippen LogP) is 2.58. The van der Waals surface area contributed by atoms with Crippen LogP contribution in [0.25, 0.3) is 0 Å². The van der Waals surface area contributed by atoms with Crippen LogP contribution in [0.3, 0.4) is 0 Å². The maximum Gasteiger partial charge on any atom is 0.255 e. The molecule has 1 aliphatic heterocycles. The third-order valence-electron chi connectivity index (χ3n) is 3.71. The van der Waals surface area contributed by atoms with Gasteiger partial charge < -0.3 is 9.80 Å². The molecule has 1 aromatic carbocycles. The van der Waals surface area contributed by atoms with E-state index < -0.39 is 4.84 Å². The zero-order valence-corrected chi connectivity index (χ0v) is 14.7. The molecule has 2 heterocycles. The maximum atomic E-state index is 11.8. The average Bonchev–Trinajstić information content (AvgIpc) is 3.03. The van der Waals surface area contributed by atoms with E-state index in [0.717, 1.165) is 17.4 Å². The number of hydrogen-bond donors (Lipinski definition) is 0. The van der Waals surface area contributed by atoms with Crippen LogP contribution >= 0.6 is 34.7 Å². The number of piperazine rings is 1. The van der Waals surface area contributed by atoms with E-state index in [9.17, 15) is 4.79 Å². The Hall–Kier alpha value is -1.37. The molecule has 1 aliphatic rings. The molecule has 1 fully saturated rings. The van der Waals surface area contributed by atoms with E-state index in [4.69, 9.17) is 23.2 Å². The number of nitrogens with zero attached hydrogens (tertiary/aromatic N) is 4. The lowest BCUT2D eigenvalue weighted by Crippen LogP contribution is -2.50. The van der Waals surface area contributed by atoms with E-state index in [1.807, 2.05) is 18.2 Å². The van der Waals surface area contributed by atoms with Crippen LogP contribution < -0.4 is 4.90 Å². The maximum absolute atomic E-state index is 11.8. The minimum Gasteiger partial charge on any atom is -0.343 e. The van der Waals surface area contributed by atoms with Crippen molar-refractivity contribution in [2.75, 3.05) is 31.1 Å². The molecule has 1 saturated heterocycles. The Morgan fingerprint density at radius 1 is 1.17 bits per heavy atom. The number of amides is 1. The molecule has 1 amide bonds. The number of aromatic nitrogens is 2. The summed E-state index contributed by atoms with van der Waals surface area (Å²) in [6, 6.07) is 10.2. The molecule has 0 radical (unpaired) electrons. The molecule has 1 aromatic heterocycles. The summed E-state index contributed by atoms with van der Waals surface area (Å²) >= 11 is 12.7. The molecule has 0 spiro atoms. The second-order valence-electron chi connectivity index (χ2n) is 5.27. The summed E-state index contributed by atoms with van der Waals surface area (Å²) in [6.45, 7) is 2.63. The number of benzene rings is 1. The van der Waals surface area contributed by atoms with Gasteiger partial charge in [-0.1, -0.05) is 53.5 Å². The molecule has 0 aliphatic carbocycles. The van der Waals surface area contributed by atoms with Crippen molar-refractivity contribution in [2.45, 2.75) is 11.3 Å². The molecule has 5 nitrogen and oxygen atoms in total. The van der Waals surface area contributed by atoms with Crippen LogP contribution in [0.15, 0.2) is 30.3 Å². The molecule has 23 heavy (non-hydrogen) atoms. The molecule has 2 aromatic rings. The Labute approximate surface area is 149 Å². The number of carbonyl (C=O) groups excluding carboxylic acids is 1. The number of rotatable bonds is 4. The molecule has 8 heteroatoms. The van der Waals surface area contributed by atoms with Gasteiger partial charge in [-0.25, -0.2) is 4.98 Å². The number of carbonyl (C=O) groups is 1. The Bertz CT molecular complexity index is 657. The van der Waals surface area contributed by atoms with Crippen LogP contribution in [0.1, 0.15) is 11.4 Å². The lowest BCUT2D eigenvalue weighted by molar-refractivity contribution is -0.129. The van der Waals surface area contributed by atoms with Gasteiger partial charge in [-0.15, -0.1) is 0 Å². The average molecular weight is 371 g/mol. The quantitative estimate of drug-likeness (QED) is 0.776.